The molecular weight excluding hydrogens is 348 g/mol. The minimum atomic E-state index is -4.48. The van der Waals surface area contributed by atoms with Crippen LogP contribution in [0.15, 0.2) is 0 Å². The maximum atomic E-state index is 11.4. The summed E-state index contributed by atoms with van der Waals surface area (Å²) in [6, 6.07) is 0. The standard InChI is InChI=1S/C13H20O10S/c1-6(14)19-8(5-24(16,17)18)9-10(20-7(2)15)11-12(21-9)23-13(3,4)22-11/h8-12H,5H2,1-4H3,(H,16,17,18)/t8-,9-,10+,11-,12-/m1/s1. The average molecular weight is 368 g/mol. The van der Waals surface area contributed by atoms with Crippen molar-refractivity contribution in [1.82, 2.24) is 0 Å². The lowest BCUT2D eigenvalue weighted by molar-refractivity contribution is -0.230. The van der Waals surface area contributed by atoms with Gasteiger partial charge in [-0.1, -0.05) is 0 Å². The molecule has 24 heavy (non-hydrogen) atoms. The predicted octanol–water partition coefficient (Wildman–Crippen LogP) is -0.386. The molecule has 0 radical (unpaired) electrons. The summed E-state index contributed by atoms with van der Waals surface area (Å²) < 4.78 is 58.3. The van der Waals surface area contributed by atoms with Crippen LogP contribution in [0.25, 0.3) is 0 Å². The molecule has 10 nitrogen and oxygen atoms in total. The highest BCUT2D eigenvalue weighted by Gasteiger charge is 2.59. The Bertz CT molecular complexity index is 612. The van der Waals surface area contributed by atoms with E-state index in [9.17, 15) is 18.0 Å². The van der Waals surface area contributed by atoms with Gasteiger partial charge in [0.1, 0.15) is 18.0 Å². The smallest absolute Gasteiger partial charge is 0.303 e. The second-order valence-electron chi connectivity index (χ2n) is 6.04. The number of esters is 2. The molecule has 2 aliphatic heterocycles. The zero-order chi connectivity index (χ0) is 18.3. The van der Waals surface area contributed by atoms with Crippen molar-refractivity contribution < 1.29 is 46.2 Å². The van der Waals surface area contributed by atoms with Gasteiger partial charge < -0.3 is 23.7 Å². The van der Waals surface area contributed by atoms with Gasteiger partial charge in [0.15, 0.2) is 24.3 Å². The average Bonchev–Trinajstić information content (AvgIpc) is 2.79. The molecule has 2 heterocycles. The molecule has 0 spiro atoms. The third-order valence-corrected chi connectivity index (χ3v) is 4.14. The molecule has 0 unspecified atom stereocenters. The Labute approximate surface area is 139 Å². The van der Waals surface area contributed by atoms with E-state index in [4.69, 9.17) is 28.2 Å². The summed E-state index contributed by atoms with van der Waals surface area (Å²) in [4.78, 5) is 22.6. The van der Waals surface area contributed by atoms with Gasteiger partial charge in [0, 0.05) is 13.8 Å². The highest BCUT2D eigenvalue weighted by atomic mass is 32.2. The van der Waals surface area contributed by atoms with Crippen LogP contribution in [0.3, 0.4) is 0 Å². The number of rotatable bonds is 5. The first kappa shape index (κ1) is 19.1. The van der Waals surface area contributed by atoms with E-state index >= 15 is 0 Å². The quantitative estimate of drug-likeness (QED) is 0.505. The summed E-state index contributed by atoms with van der Waals surface area (Å²) in [5, 5.41) is 0. The maximum absolute atomic E-state index is 11.4. The van der Waals surface area contributed by atoms with Crippen LogP contribution in [-0.2, 0) is 43.4 Å². The summed E-state index contributed by atoms with van der Waals surface area (Å²) in [7, 11) is -4.48. The van der Waals surface area contributed by atoms with Crippen LogP contribution in [0.2, 0.25) is 0 Å². The molecule has 2 saturated heterocycles. The Morgan fingerprint density at radius 1 is 1.21 bits per heavy atom. The fraction of sp³-hybridized carbons (Fsp3) is 0.846. The highest BCUT2D eigenvalue weighted by molar-refractivity contribution is 7.85. The first-order valence-corrected chi connectivity index (χ1v) is 8.79. The van der Waals surface area contributed by atoms with Crippen molar-refractivity contribution in [3.63, 3.8) is 0 Å². The molecule has 138 valence electrons. The molecule has 5 atom stereocenters. The second-order valence-corrected chi connectivity index (χ2v) is 7.54. The topological polar surface area (TPSA) is 135 Å². The number of carbonyl (C=O) groups is 2. The van der Waals surface area contributed by atoms with Crippen molar-refractivity contribution in [3.05, 3.63) is 0 Å². The summed E-state index contributed by atoms with van der Waals surface area (Å²) in [5.74, 6) is -3.35. The third-order valence-electron chi connectivity index (χ3n) is 3.39. The molecule has 0 aromatic rings. The van der Waals surface area contributed by atoms with Crippen LogP contribution in [0.1, 0.15) is 27.7 Å². The Balaban J connectivity index is 2.27. The van der Waals surface area contributed by atoms with Crippen molar-refractivity contribution in [2.45, 2.75) is 64.2 Å². The SMILES string of the molecule is CC(=O)O[C@@H]1[C@H]2OC(C)(C)O[C@H]2O[C@@H]1[C@@H](CS(=O)(=O)O)OC(C)=O. The van der Waals surface area contributed by atoms with Crippen molar-refractivity contribution in [1.29, 1.82) is 0 Å². The van der Waals surface area contributed by atoms with Crippen LogP contribution >= 0.6 is 0 Å². The lowest BCUT2D eigenvalue weighted by atomic mass is 10.1. The predicted molar refractivity (Wildman–Crippen MR) is 76.2 cm³/mol. The van der Waals surface area contributed by atoms with Gasteiger partial charge in [-0.2, -0.15) is 8.42 Å². The van der Waals surface area contributed by atoms with E-state index in [0.29, 0.717) is 0 Å². The van der Waals surface area contributed by atoms with E-state index in [2.05, 4.69) is 0 Å². The lowest BCUT2D eigenvalue weighted by Gasteiger charge is -2.29. The van der Waals surface area contributed by atoms with E-state index in [1.807, 2.05) is 0 Å². The zero-order valence-corrected chi connectivity index (χ0v) is 14.4. The molecule has 0 aromatic carbocycles. The number of hydrogen-bond donors (Lipinski definition) is 1. The summed E-state index contributed by atoms with van der Waals surface area (Å²) in [5.41, 5.74) is 0. The number of carbonyl (C=O) groups excluding carboxylic acids is 2. The highest BCUT2D eigenvalue weighted by Crippen LogP contribution is 2.40. The lowest BCUT2D eigenvalue weighted by Crippen LogP contribution is -2.47. The fourth-order valence-corrected chi connectivity index (χ4v) is 3.42. The molecular formula is C13H20O10S. The zero-order valence-electron chi connectivity index (χ0n) is 13.6. The van der Waals surface area contributed by atoms with Gasteiger partial charge in [0.05, 0.1) is 0 Å². The van der Waals surface area contributed by atoms with Crippen molar-refractivity contribution in [3.8, 4) is 0 Å². The summed E-state index contributed by atoms with van der Waals surface area (Å²) >= 11 is 0. The van der Waals surface area contributed by atoms with Gasteiger partial charge >= 0.3 is 11.9 Å². The fourth-order valence-electron chi connectivity index (χ4n) is 2.75. The normalized spacial score (nSPS) is 32.9. The van der Waals surface area contributed by atoms with Crippen LogP contribution in [0, 0.1) is 0 Å². The molecule has 0 aliphatic carbocycles. The Morgan fingerprint density at radius 3 is 2.33 bits per heavy atom. The van der Waals surface area contributed by atoms with Crippen LogP contribution < -0.4 is 0 Å². The third kappa shape index (κ3) is 4.63. The number of ether oxygens (including phenoxy) is 5. The van der Waals surface area contributed by atoms with Gasteiger partial charge in [-0.3, -0.25) is 14.1 Å². The monoisotopic (exact) mass is 368 g/mol. The van der Waals surface area contributed by atoms with Gasteiger partial charge in [-0.25, -0.2) is 0 Å². The van der Waals surface area contributed by atoms with Crippen molar-refractivity contribution in [2.24, 2.45) is 0 Å². The molecule has 0 amide bonds. The van der Waals surface area contributed by atoms with E-state index in [0.717, 1.165) is 13.8 Å². The minimum Gasteiger partial charge on any atom is -0.458 e. The molecule has 0 aromatic heterocycles. The largest absolute Gasteiger partial charge is 0.458 e. The molecule has 0 bridgehead atoms. The molecule has 2 fully saturated rings. The van der Waals surface area contributed by atoms with E-state index < -0.39 is 64.3 Å². The molecule has 1 N–H and O–H groups in total. The van der Waals surface area contributed by atoms with Crippen LogP contribution in [-0.4, -0.2) is 67.2 Å². The Hall–Kier alpha value is -1.27. The molecule has 11 heteroatoms. The van der Waals surface area contributed by atoms with E-state index in [1.54, 1.807) is 13.8 Å². The van der Waals surface area contributed by atoms with Crippen LogP contribution in [0.5, 0.6) is 0 Å². The van der Waals surface area contributed by atoms with Gasteiger partial charge in [-0.15, -0.1) is 0 Å². The summed E-state index contributed by atoms with van der Waals surface area (Å²) in [6.45, 7) is 5.51. The molecule has 2 rings (SSSR count). The summed E-state index contributed by atoms with van der Waals surface area (Å²) in [6.07, 6.45) is -5.41. The van der Waals surface area contributed by atoms with Crippen LogP contribution in [0.4, 0.5) is 0 Å². The Kier molecular flexibility index (Phi) is 5.21. The molecule has 2 aliphatic rings. The van der Waals surface area contributed by atoms with Gasteiger partial charge in [0.2, 0.25) is 0 Å². The van der Waals surface area contributed by atoms with Crippen molar-refractivity contribution in [2.75, 3.05) is 5.75 Å². The van der Waals surface area contributed by atoms with Gasteiger partial charge in [-0.05, 0) is 13.8 Å². The van der Waals surface area contributed by atoms with E-state index in [-0.39, 0.29) is 0 Å². The minimum absolute atomic E-state index is 0.656. The van der Waals surface area contributed by atoms with Crippen molar-refractivity contribution >= 4 is 22.1 Å². The Morgan fingerprint density at radius 2 is 1.83 bits per heavy atom. The van der Waals surface area contributed by atoms with E-state index in [1.165, 1.54) is 0 Å². The first-order chi connectivity index (χ1) is 10.9. The number of fused-ring (bicyclic) bond motifs is 1. The molecule has 0 saturated carbocycles. The van der Waals surface area contributed by atoms with Gasteiger partial charge in [0.25, 0.3) is 10.1 Å². The maximum Gasteiger partial charge on any atom is 0.303 e. The number of hydrogen-bond acceptors (Lipinski definition) is 9. The second kappa shape index (κ2) is 6.56. The first-order valence-electron chi connectivity index (χ1n) is 7.19.